The van der Waals surface area contributed by atoms with Crippen LogP contribution in [0, 0.1) is 0 Å². The number of hydrogen-bond acceptors (Lipinski definition) is 2. The lowest BCUT2D eigenvalue weighted by Crippen LogP contribution is -2.10. The van der Waals surface area contributed by atoms with Crippen molar-refractivity contribution in [2.24, 2.45) is 0 Å². The van der Waals surface area contributed by atoms with E-state index in [1.807, 2.05) is 12.2 Å². The average molecular weight is 1200 g/mol. The van der Waals surface area contributed by atoms with Crippen molar-refractivity contribution >= 4 is 133 Å². The second-order valence-corrected chi connectivity index (χ2v) is 24.2. The summed E-state index contributed by atoms with van der Waals surface area (Å²) in [6, 6.07) is 120. The van der Waals surface area contributed by atoms with Crippen LogP contribution in [0.25, 0.3) is 133 Å². The summed E-state index contributed by atoms with van der Waals surface area (Å²) >= 11 is 0. The molecule has 0 amide bonds. The first-order valence-electron chi connectivity index (χ1n) is 32.0. The third kappa shape index (κ3) is 8.80. The summed E-state index contributed by atoms with van der Waals surface area (Å²) in [5.74, 6) is 0. The Bertz CT molecular complexity index is 5620. The molecular weight excluding hydrogens is 1140 g/mol. The predicted molar refractivity (Wildman–Crippen MR) is 399 cm³/mol. The molecule has 18 aromatic rings. The fourth-order valence-corrected chi connectivity index (χ4v) is 14.7. The molecule has 0 atom stereocenters. The van der Waals surface area contributed by atoms with Gasteiger partial charge in [0.2, 0.25) is 0 Å². The molecule has 4 aromatic heterocycles. The lowest BCUT2D eigenvalue weighted by Gasteiger charge is -2.27. The van der Waals surface area contributed by atoms with E-state index >= 15 is 0 Å². The van der Waals surface area contributed by atoms with Gasteiger partial charge in [-0.05, 0) is 192 Å². The molecule has 0 aliphatic rings. The number of nitrogens with zero attached hydrogens (tertiary/aromatic N) is 6. The van der Waals surface area contributed by atoms with E-state index in [2.05, 4.69) is 369 Å². The molecule has 4 heterocycles. The summed E-state index contributed by atoms with van der Waals surface area (Å²) < 4.78 is 9.52. The first-order chi connectivity index (χ1) is 46.5. The van der Waals surface area contributed by atoms with Crippen LogP contribution in [0.15, 0.2) is 341 Å². The number of fused-ring (bicyclic) bond motifs is 12. The predicted octanol–water partition coefficient (Wildman–Crippen LogP) is 24.0. The largest absolute Gasteiger partial charge is 0.310 e. The monoisotopic (exact) mass is 1200 g/mol. The van der Waals surface area contributed by atoms with Crippen molar-refractivity contribution in [1.29, 1.82) is 0 Å². The van der Waals surface area contributed by atoms with E-state index in [9.17, 15) is 0 Å². The molecule has 0 aliphatic carbocycles. The van der Waals surface area contributed by atoms with Crippen molar-refractivity contribution in [3.05, 3.63) is 352 Å². The van der Waals surface area contributed by atoms with Crippen LogP contribution in [0.2, 0.25) is 0 Å². The molecule has 0 radical (unpaired) electrons. The van der Waals surface area contributed by atoms with Gasteiger partial charge in [-0.1, -0.05) is 183 Å². The first-order valence-corrected chi connectivity index (χ1v) is 32.0. The second-order valence-electron chi connectivity index (χ2n) is 24.2. The molecule has 0 unspecified atom stereocenters. The summed E-state index contributed by atoms with van der Waals surface area (Å²) in [7, 11) is 0. The quantitative estimate of drug-likeness (QED) is 0.115. The van der Waals surface area contributed by atoms with Gasteiger partial charge in [-0.15, -0.1) is 0 Å². The van der Waals surface area contributed by atoms with E-state index in [-0.39, 0.29) is 0 Å². The van der Waals surface area contributed by atoms with Gasteiger partial charge in [-0.3, -0.25) is 0 Å². The highest BCUT2D eigenvalue weighted by Crippen LogP contribution is 2.46. The van der Waals surface area contributed by atoms with Gasteiger partial charge in [0.1, 0.15) is 0 Å². The third-order valence-electron chi connectivity index (χ3n) is 19.0. The zero-order chi connectivity index (χ0) is 62.4. The van der Waals surface area contributed by atoms with E-state index in [1.165, 1.54) is 54.1 Å². The molecule has 0 fully saturated rings. The minimum atomic E-state index is 1.05. The number of para-hydroxylation sites is 6. The minimum Gasteiger partial charge on any atom is -0.310 e. The molecule has 18 rings (SSSR count). The average Bonchev–Trinajstić information content (AvgIpc) is 1.64. The summed E-state index contributed by atoms with van der Waals surface area (Å²) in [5.41, 5.74) is 24.5. The van der Waals surface area contributed by atoms with E-state index in [1.54, 1.807) is 0 Å². The smallest absolute Gasteiger partial charge is 0.0542 e. The molecule has 6 nitrogen and oxygen atoms in total. The first kappa shape index (κ1) is 54.3. The number of anilines is 6. The molecule has 0 saturated carbocycles. The molecule has 0 bridgehead atoms. The van der Waals surface area contributed by atoms with Gasteiger partial charge < -0.3 is 28.1 Å². The SMILES string of the molecule is C=Cc1ccc(-n2c3ccccc3c3cc(N(c4ccc(-c5ccc(N(c6ccc7c(c6)c6ccccc6n7-c6ccccc6)c6ccc7c(c6)c6ccccc6n7-c6ccc(C=C)cc6)cc5)cc4)c4ccc5c(c4)c4ccccc4n5-c4ccccc4)ccc32)cc1. The Morgan fingerprint density at radius 2 is 0.436 bits per heavy atom. The van der Waals surface area contributed by atoms with Crippen molar-refractivity contribution < 1.29 is 0 Å². The van der Waals surface area contributed by atoms with Crippen molar-refractivity contribution in [1.82, 2.24) is 18.3 Å². The molecule has 0 aliphatic heterocycles. The molecule has 442 valence electrons. The number of rotatable bonds is 13. The van der Waals surface area contributed by atoms with Crippen LogP contribution in [0.4, 0.5) is 34.1 Å². The molecule has 0 N–H and O–H groups in total. The fourth-order valence-electron chi connectivity index (χ4n) is 14.7. The van der Waals surface area contributed by atoms with Crippen LogP contribution in [-0.2, 0) is 0 Å². The minimum absolute atomic E-state index is 1.05. The summed E-state index contributed by atoms with van der Waals surface area (Å²) in [6.45, 7) is 8.04. The Labute approximate surface area is 544 Å². The maximum Gasteiger partial charge on any atom is 0.0542 e. The van der Waals surface area contributed by atoms with Gasteiger partial charge in [0, 0.05) is 100.0 Å². The van der Waals surface area contributed by atoms with Crippen LogP contribution >= 0.6 is 0 Å². The lowest BCUT2D eigenvalue weighted by atomic mass is 10.0. The summed E-state index contributed by atoms with van der Waals surface area (Å²) in [6.07, 6.45) is 3.79. The van der Waals surface area contributed by atoms with Gasteiger partial charge in [-0.2, -0.15) is 0 Å². The van der Waals surface area contributed by atoms with Crippen LogP contribution in [0.5, 0.6) is 0 Å². The van der Waals surface area contributed by atoms with Crippen LogP contribution in [0.3, 0.4) is 0 Å². The maximum atomic E-state index is 4.02. The van der Waals surface area contributed by atoms with Crippen LogP contribution in [0.1, 0.15) is 11.1 Å². The van der Waals surface area contributed by atoms with Gasteiger partial charge in [0.05, 0.1) is 44.1 Å². The van der Waals surface area contributed by atoms with E-state index in [4.69, 9.17) is 0 Å². The summed E-state index contributed by atoms with van der Waals surface area (Å²) in [4.78, 5) is 4.84. The van der Waals surface area contributed by atoms with E-state index in [0.717, 1.165) is 112 Å². The second kappa shape index (κ2) is 22.1. The highest BCUT2D eigenvalue weighted by atomic mass is 15.2. The Balaban J connectivity index is 0.768. The topological polar surface area (TPSA) is 26.2 Å². The fraction of sp³-hybridized carbons (Fsp3) is 0. The lowest BCUT2D eigenvalue weighted by molar-refractivity contribution is 1.18. The maximum absolute atomic E-state index is 4.02. The highest BCUT2D eigenvalue weighted by Gasteiger charge is 2.23. The number of benzene rings is 14. The number of hydrogen-bond donors (Lipinski definition) is 0. The Morgan fingerprint density at radius 1 is 0.202 bits per heavy atom. The van der Waals surface area contributed by atoms with Crippen LogP contribution < -0.4 is 9.80 Å². The molecule has 0 spiro atoms. The molecule has 6 heteroatoms. The zero-order valence-electron chi connectivity index (χ0n) is 51.4. The van der Waals surface area contributed by atoms with Crippen LogP contribution in [-0.4, -0.2) is 18.3 Å². The normalized spacial score (nSPS) is 11.7. The highest BCUT2D eigenvalue weighted by molar-refractivity contribution is 6.15. The van der Waals surface area contributed by atoms with Gasteiger partial charge in [0.15, 0.2) is 0 Å². The van der Waals surface area contributed by atoms with Gasteiger partial charge in [-0.25, -0.2) is 0 Å². The van der Waals surface area contributed by atoms with Gasteiger partial charge in [0.25, 0.3) is 0 Å². The van der Waals surface area contributed by atoms with E-state index < -0.39 is 0 Å². The Kier molecular flexibility index (Phi) is 12.8. The molecule has 14 aromatic carbocycles. The van der Waals surface area contributed by atoms with Crippen molar-refractivity contribution in [3.63, 3.8) is 0 Å². The third-order valence-corrected chi connectivity index (χ3v) is 19.0. The van der Waals surface area contributed by atoms with Crippen molar-refractivity contribution in [3.8, 4) is 33.9 Å². The van der Waals surface area contributed by atoms with Crippen molar-refractivity contribution in [2.75, 3.05) is 9.80 Å². The molecule has 94 heavy (non-hydrogen) atoms. The molecular formula is C88H60N6. The Morgan fingerprint density at radius 3 is 0.713 bits per heavy atom. The van der Waals surface area contributed by atoms with Gasteiger partial charge >= 0.3 is 0 Å². The standard InChI is InChI=1S/C88H60N6/c1-3-59-31-39-67(40-32-59)93-83-29-17-13-25-75(83)79-57-71(49-53-87(79)93)89(69-47-51-85-77(55-69)73-23-11-15-27-81(73)91(85)63-19-7-5-8-20-63)65-43-35-61(36-44-65)62-37-45-66(46-38-62)90(70-48-52-86-78(56-70)74-24-12-16-28-82(74)92(86)64-21-9-6-10-22-64)72-50-54-88-80(58-72)76-26-14-18-30-84(76)94(88)68-41-33-60(4-2)34-42-68/h3-58H,1-2H2. The number of aromatic nitrogens is 4. The zero-order valence-corrected chi connectivity index (χ0v) is 51.4. The summed E-state index contributed by atoms with van der Waals surface area (Å²) in [5, 5.41) is 9.54. The van der Waals surface area contributed by atoms with E-state index in [0.29, 0.717) is 0 Å². The molecule has 0 saturated heterocycles. The van der Waals surface area contributed by atoms with Crippen molar-refractivity contribution in [2.45, 2.75) is 0 Å². The Hall–Kier alpha value is -12.6.